The van der Waals surface area contributed by atoms with Gasteiger partial charge in [0.1, 0.15) is 0 Å². The lowest BCUT2D eigenvalue weighted by molar-refractivity contribution is 0.0862. The van der Waals surface area contributed by atoms with Crippen LogP contribution in [0.25, 0.3) is 0 Å². The van der Waals surface area contributed by atoms with Gasteiger partial charge in [-0.15, -0.1) is 0 Å². The summed E-state index contributed by atoms with van der Waals surface area (Å²) in [4.78, 5) is 0. The lowest BCUT2D eigenvalue weighted by atomic mass is 9.64. The molecule has 4 heteroatoms. The summed E-state index contributed by atoms with van der Waals surface area (Å²) >= 11 is 1.89. The zero-order chi connectivity index (χ0) is 22.1. The maximum absolute atomic E-state index is 10.2. The molecule has 0 saturated heterocycles. The molecule has 3 rings (SSSR count). The van der Waals surface area contributed by atoms with Gasteiger partial charge in [0.05, 0.1) is 18.3 Å². The Morgan fingerprint density at radius 1 is 1.27 bits per heavy atom. The Morgan fingerprint density at radius 2 is 2.00 bits per heavy atom. The molecule has 0 heterocycles. The Balaban J connectivity index is 1.73. The molecule has 0 amide bonds. The Hall–Kier alpha value is -0.810. The van der Waals surface area contributed by atoms with Crippen LogP contribution in [0.3, 0.4) is 0 Å². The van der Waals surface area contributed by atoms with E-state index < -0.39 is 12.2 Å². The third kappa shape index (κ3) is 4.98. The summed E-state index contributed by atoms with van der Waals surface area (Å²) < 4.78 is 0. The van der Waals surface area contributed by atoms with Gasteiger partial charge >= 0.3 is 0 Å². The van der Waals surface area contributed by atoms with Gasteiger partial charge in [0.15, 0.2) is 0 Å². The molecule has 2 fully saturated rings. The van der Waals surface area contributed by atoms with Gasteiger partial charge in [0.2, 0.25) is 0 Å². The third-order valence-corrected chi connectivity index (χ3v) is 8.89. The molecule has 0 spiro atoms. The minimum absolute atomic E-state index is 0.195. The van der Waals surface area contributed by atoms with E-state index in [2.05, 4.69) is 52.5 Å². The highest BCUT2D eigenvalue weighted by Gasteiger charge is 2.46. The summed E-state index contributed by atoms with van der Waals surface area (Å²) in [5.41, 5.74) is 4.98. The molecule has 3 aliphatic carbocycles. The quantitative estimate of drug-likeness (QED) is 0.506. The van der Waals surface area contributed by atoms with Crippen LogP contribution in [0.2, 0.25) is 0 Å². The number of aliphatic hydroxyl groups excluding tert-OH is 3. The lowest BCUT2D eigenvalue weighted by Gasteiger charge is -2.42. The topological polar surface area (TPSA) is 60.7 Å². The minimum Gasteiger partial charge on any atom is -0.393 e. The SMILES string of the molecule is C=C1/C(=C\C=C2/CCC[C@]3(C)C([C@@H](C)SC[C@@H](O)C(C)C)=CCC23)C[C@@H](O)C[C@@H]1O. The number of allylic oxidation sites excluding steroid dienone is 4. The average molecular weight is 433 g/mol. The van der Waals surface area contributed by atoms with Gasteiger partial charge < -0.3 is 15.3 Å². The van der Waals surface area contributed by atoms with Crippen molar-refractivity contribution in [1.29, 1.82) is 0 Å². The maximum Gasteiger partial charge on any atom is 0.0811 e. The molecule has 1 unspecified atom stereocenters. The molecule has 0 aromatic carbocycles. The molecule has 0 aliphatic heterocycles. The molecule has 2 saturated carbocycles. The first-order chi connectivity index (χ1) is 14.1. The van der Waals surface area contributed by atoms with Crippen LogP contribution in [0, 0.1) is 17.3 Å². The number of hydrogen-bond donors (Lipinski definition) is 3. The zero-order valence-corrected chi connectivity index (χ0v) is 19.9. The summed E-state index contributed by atoms with van der Waals surface area (Å²) in [6.07, 6.45) is 11.1. The molecule has 3 aliphatic rings. The first kappa shape index (κ1) is 23.8. The third-order valence-electron chi connectivity index (χ3n) is 7.60. The van der Waals surface area contributed by atoms with Crippen molar-refractivity contribution in [2.24, 2.45) is 17.3 Å². The molecule has 0 aromatic heterocycles. The number of aliphatic hydroxyl groups is 3. The molecule has 3 nitrogen and oxygen atoms in total. The number of thioether (sulfide) groups is 1. The van der Waals surface area contributed by atoms with Crippen molar-refractivity contribution in [3.63, 3.8) is 0 Å². The molecule has 3 N–H and O–H groups in total. The van der Waals surface area contributed by atoms with Gasteiger partial charge in [-0.05, 0) is 67.4 Å². The number of hydrogen-bond acceptors (Lipinski definition) is 4. The van der Waals surface area contributed by atoms with E-state index in [0.717, 1.165) is 29.7 Å². The summed E-state index contributed by atoms with van der Waals surface area (Å²) in [7, 11) is 0. The summed E-state index contributed by atoms with van der Waals surface area (Å²) in [6, 6.07) is 0. The molecule has 168 valence electrons. The van der Waals surface area contributed by atoms with E-state index in [-0.39, 0.29) is 11.5 Å². The van der Waals surface area contributed by atoms with Crippen molar-refractivity contribution in [3.8, 4) is 0 Å². The highest BCUT2D eigenvalue weighted by molar-refractivity contribution is 8.00. The summed E-state index contributed by atoms with van der Waals surface area (Å²) in [5, 5.41) is 30.8. The Kier molecular flexibility index (Phi) is 7.76. The summed E-state index contributed by atoms with van der Waals surface area (Å²) in [5.74, 6) is 1.62. The fourth-order valence-electron chi connectivity index (χ4n) is 5.47. The highest BCUT2D eigenvalue weighted by Crippen LogP contribution is 2.56. The van der Waals surface area contributed by atoms with Crippen LogP contribution >= 0.6 is 11.8 Å². The molecule has 30 heavy (non-hydrogen) atoms. The van der Waals surface area contributed by atoms with E-state index >= 15 is 0 Å². The van der Waals surface area contributed by atoms with E-state index in [0.29, 0.717) is 29.9 Å². The Labute approximate surface area is 187 Å². The molecular weight excluding hydrogens is 392 g/mol. The zero-order valence-electron chi connectivity index (χ0n) is 19.1. The number of fused-ring (bicyclic) bond motifs is 1. The van der Waals surface area contributed by atoms with Crippen LogP contribution in [-0.2, 0) is 0 Å². The molecule has 0 bridgehead atoms. The standard InChI is InChI=1S/C26H40O3S/c1-16(2)25(29)15-30-18(4)22-10-11-23-19(7-6-12-26(22,23)5)8-9-20-13-21(27)14-24(28)17(20)3/h8-10,16,18,21,23-25,27-29H,3,6-7,11-15H2,1-2,4-5H3/b19-8+,20-9-/t18-,21-,23?,24+,25-,26-/m1/s1. The van der Waals surface area contributed by atoms with E-state index in [4.69, 9.17) is 0 Å². The van der Waals surface area contributed by atoms with Gasteiger partial charge in [-0.2, -0.15) is 11.8 Å². The van der Waals surface area contributed by atoms with Gasteiger partial charge in [0.25, 0.3) is 0 Å². The predicted molar refractivity (Wildman–Crippen MR) is 127 cm³/mol. The van der Waals surface area contributed by atoms with E-state index in [1.165, 1.54) is 18.4 Å². The normalized spacial score (nSPS) is 36.9. The Morgan fingerprint density at radius 3 is 2.70 bits per heavy atom. The largest absolute Gasteiger partial charge is 0.393 e. The second kappa shape index (κ2) is 9.77. The second-order valence-corrected chi connectivity index (χ2v) is 11.4. The van der Waals surface area contributed by atoms with Crippen molar-refractivity contribution in [3.05, 3.63) is 47.1 Å². The monoisotopic (exact) mass is 432 g/mol. The minimum atomic E-state index is -0.631. The highest BCUT2D eigenvalue weighted by atomic mass is 32.2. The first-order valence-corrected chi connectivity index (χ1v) is 12.6. The van der Waals surface area contributed by atoms with Gasteiger partial charge in [-0.3, -0.25) is 0 Å². The van der Waals surface area contributed by atoms with Crippen molar-refractivity contribution < 1.29 is 15.3 Å². The van der Waals surface area contributed by atoms with Gasteiger partial charge in [-0.1, -0.05) is 56.7 Å². The van der Waals surface area contributed by atoms with E-state index in [9.17, 15) is 15.3 Å². The van der Waals surface area contributed by atoms with Gasteiger partial charge in [0, 0.05) is 17.4 Å². The van der Waals surface area contributed by atoms with E-state index in [1.54, 1.807) is 5.57 Å². The van der Waals surface area contributed by atoms with Gasteiger partial charge in [-0.25, -0.2) is 0 Å². The molecule has 0 aromatic rings. The second-order valence-electron chi connectivity index (χ2n) is 10.1. The molecular formula is C26H40O3S. The molecule has 0 radical (unpaired) electrons. The van der Waals surface area contributed by atoms with Crippen LogP contribution in [0.15, 0.2) is 47.1 Å². The van der Waals surface area contributed by atoms with Crippen molar-refractivity contribution >= 4 is 11.8 Å². The maximum atomic E-state index is 10.2. The van der Waals surface area contributed by atoms with Crippen LogP contribution in [-0.4, -0.2) is 44.6 Å². The summed E-state index contributed by atoms with van der Waals surface area (Å²) in [6.45, 7) is 12.9. The van der Waals surface area contributed by atoms with E-state index in [1.807, 2.05) is 11.8 Å². The smallest absolute Gasteiger partial charge is 0.0811 e. The fraction of sp³-hybridized carbons (Fsp3) is 0.692. The van der Waals surface area contributed by atoms with Crippen molar-refractivity contribution in [2.45, 2.75) is 89.8 Å². The van der Waals surface area contributed by atoms with Crippen molar-refractivity contribution in [2.75, 3.05) is 5.75 Å². The molecule has 6 atom stereocenters. The average Bonchev–Trinajstić information content (AvgIpc) is 3.04. The van der Waals surface area contributed by atoms with Crippen LogP contribution in [0.1, 0.15) is 66.2 Å². The van der Waals surface area contributed by atoms with Crippen LogP contribution < -0.4 is 0 Å². The number of rotatable bonds is 6. The van der Waals surface area contributed by atoms with Crippen LogP contribution in [0.5, 0.6) is 0 Å². The van der Waals surface area contributed by atoms with Crippen molar-refractivity contribution in [1.82, 2.24) is 0 Å². The van der Waals surface area contributed by atoms with Crippen LogP contribution in [0.4, 0.5) is 0 Å². The lowest BCUT2D eigenvalue weighted by Crippen LogP contribution is -2.33. The fourth-order valence-corrected chi connectivity index (χ4v) is 6.89. The predicted octanol–water partition coefficient (Wildman–Crippen LogP) is 5.19. The first-order valence-electron chi connectivity index (χ1n) is 11.6. The Bertz CT molecular complexity index is 735.